The van der Waals surface area contributed by atoms with E-state index in [4.69, 9.17) is 0 Å². The van der Waals surface area contributed by atoms with E-state index in [0.717, 1.165) is 6.42 Å². The van der Waals surface area contributed by atoms with Crippen molar-refractivity contribution in [3.8, 4) is 0 Å². The Balaban J connectivity index is 2.63. The molecule has 0 aliphatic heterocycles. The Bertz CT molecular complexity index is 319. The molecule has 0 spiro atoms. The van der Waals surface area contributed by atoms with Crippen LogP contribution >= 0.6 is 0 Å². The van der Waals surface area contributed by atoms with Gasteiger partial charge in [0.15, 0.2) is 0 Å². The highest BCUT2D eigenvalue weighted by Crippen LogP contribution is 2.25. The van der Waals surface area contributed by atoms with Gasteiger partial charge < -0.3 is 0 Å². The normalized spacial score (nSPS) is 13.6. The second-order valence-electron chi connectivity index (χ2n) is 4.06. The second kappa shape index (κ2) is 7.92. The van der Waals surface area contributed by atoms with Crippen LogP contribution in [0.25, 0.3) is 0 Å². The fourth-order valence-electron chi connectivity index (χ4n) is 1.91. The monoisotopic (exact) mass is 214 g/mol. The molecule has 0 bridgehead atoms. The van der Waals surface area contributed by atoms with Crippen molar-refractivity contribution in [3.63, 3.8) is 0 Å². The molecule has 0 aliphatic rings. The smallest absolute Gasteiger partial charge is 0.0124 e. The summed E-state index contributed by atoms with van der Waals surface area (Å²) in [5, 5.41) is 0. The molecule has 0 fully saturated rings. The van der Waals surface area contributed by atoms with Gasteiger partial charge in [-0.15, -0.1) is 0 Å². The molecule has 0 radical (unpaired) electrons. The van der Waals surface area contributed by atoms with Crippen LogP contribution in [0.1, 0.15) is 44.6 Å². The Morgan fingerprint density at radius 2 is 1.69 bits per heavy atom. The van der Waals surface area contributed by atoms with E-state index in [9.17, 15) is 0 Å². The average molecular weight is 214 g/mol. The number of hydrogen-bond acceptors (Lipinski definition) is 0. The summed E-state index contributed by atoms with van der Waals surface area (Å²) in [6.07, 6.45) is 12.4. The summed E-state index contributed by atoms with van der Waals surface area (Å²) in [6, 6.07) is 10.8. The van der Waals surface area contributed by atoms with E-state index >= 15 is 0 Å². The van der Waals surface area contributed by atoms with Gasteiger partial charge in [-0.2, -0.15) is 0 Å². The Labute approximate surface area is 99.7 Å². The zero-order valence-electron chi connectivity index (χ0n) is 10.4. The maximum absolute atomic E-state index is 2.27. The van der Waals surface area contributed by atoms with Crippen LogP contribution in [-0.2, 0) is 0 Å². The van der Waals surface area contributed by atoms with E-state index in [-0.39, 0.29) is 0 Å². The first-order valence-corrected chi connectivity index (χ1v) is 6.15. The molecule has 0 heterocycles. The lowest BCUT2D eigenvalue weighted by Gasteiger charge is -2.14. The Kier molecular flexibility index (Phi) is 6.32. The largest absolute Gasteiger partial charge is 0.0917 e. The van der Waals surface area contributed by atoms with Gasteiger partial charge >= 0.3 is 0 Å². The van der Waals surface area contributed by atoms with Gasteiger partial charge in [0.05, 0.1) is 0 Å². The molecule has 1 aromatic carbocycles. The molecule has 0 heteroatoms. The molecule has 1 aromatic rings. The SMILES string of the molecule is CC=CCCC(CC=CC)c1ccccc1. The van der Waals surface area contributed by atoms with Crippen LogP contribution in [-0.4, -0.2) is 0 Å². The van der Waals surface area contributed by atoms with Gasteiger partial charge in [0, 0.05) is 0 Å². The summed E-state index contributed by atoms with van der Waals surface area (Å²) in [7, 11) is 0. The second-order valence-corrected chi connectivity index (χ2v) is 4.06. The maximum atomic E-state index is 2.27. The quantitative estimate of drug-likeness (QED) is 0.578. The molecular formula is C16H22. The lowest BCUT2D eigenvalue weighted by molar-refractivity contribution is 0.640. The molecule has 0 saturated carbocycles. The van der Waals surface area contributed by atoms with Crippen molar-refractivity contribution in [1.82, 2.24) is 0 Å². The summed E-state index contributed by atoms with van der Waals surface area (Å²) in [6.45, 7) is 4.18. The molecule has 0 amide bonds. The topological polar surface area (TPSA) is 0 Å². The van der Waals surface area contributed by atoms with Crippen LogP contribution in [0.3, 0.4) is 0 Å². The summed E-state index contributed by atoms with van der Waals surface area (Å²) >= 11 is 0. The van der Waals surface area contributed by atoms with Crippen molar-refractivity contribution >= 4 is 0 Å². The molecule has 1 rings (SSSR count). The fraction of sp³-hybridized carbons (Fsp3) is 0.375. The minimum Gasteiger partial charge on any atom is -0.0917 e. The maximum Gasteiger partial charge on any atom is -0.0124 e. The van der Waals surface area contributed by atoms with E-state index in [0.29, 0.717) is 5.92 Å². The van der Waals surface area contributed by atoms with Crippen molar-refractivity contribution in [1.29, 1.82) is 0 Å². The third kappa shape index (κ3) is 4.48. The summed E-state index contributed by atoms with van der Waals surface area (Å²) in [5.74, 6) is 0.661. The van der Waals surface area contributed by atoms with Crippen molar-refractivity contribution in [2.75, 3.05) is 0 Å². The van der Waals surface area contributed by atoms with E-state index in [1.807, 2.05) is 0 Å². The highest BCUT2D eigenvalue weighted by molar-refractivity contribution is 5.20. The van der Waals surface area contributed by atoms with E-state index in [2.05, 4.69) is 68.5 Å². The minimum atomic E-state index is 0.661. The van der Waals surface area contributed by atoms with Crippen molar-refractivity contribution in [3.05, 3.63) is 60.2 Å². The van der Waals surface area contributed by atoms with Crippen LogP contribution in [0, 0.1) is 0 Å². The summed E-state index contributed by atoms with van der Waals surface area (Å²) in [5.41, 5.74) is 1.46. The third-order valence-electron chi connectivity index (χ3n) is 2.84. The molecule has 0 saturated heterocycles. The van der Waals surface area contributed by atoms with E-state index in [1.165, 1.54) is 18.4 Å². The van der Waals surface area contributed by atoms with Crippen LogP contribution in [0.4, 0.5) is 0 Å². The Hall–Kier alpha value is -1.30. The van der Waals surface area contributed by atoms with Gasteiger partial charge in [-0.05, 0) is 44.6 Å². The molecule has 86 valence electrons. The van der Waals surface area contributed by atoms with E-state index < -0.39 is 0 Å². The molecular weight excluding hydrogens is 192 g/mol. The zero-order valence-corrected chi connectivity index (χ0v) is 10.4. The highest BCUT2D eigenvalue weighted by atomic mass is 14.1. The Morgan fingerprint density at radius 1 is 1.00 bits per heavy atom. The summed E-state index contributed by atoms with van der Waals surface area (Å²) in [4.78, 5) is 0. The molecule has 0 aromatic heterocycles. The number of benzene rings is 1. The van der Waals surface area contributed by atoms with Crippen molar-refractivity contribution in [2.24, 2.45) is 0 Å². The average Bonchev–Trinajstić information content (AvgIpc) is 2.35. The minimum absolute atomic E-state index is 0.661. The van der Waals surface area contributed by atoms with Crippen molar-refractivity contribution < 1.29 is 0 Å². The Morgan fingerprint density at radius 3 is 2.31 bits per heavy atom. The van der Waals surface area contributed by atoms with Crippen molar-refractivity contribution in [2.45, 2.75) is 39.0 Å². The van der Waals surface area contributed by atoms with Gasteiger partial charge in [-0.25, -0.2) is 0 Å². The van der Waals surface area contributed by atoms with Gasteiger partial charge in [0.2, 0.25) is 0 Å². The highest BCUT2D eigenvalue weighted by Gasteiger charge is 2.07. The van der Waals surface area contributed by atoms with Crippen LogP contribution in [0.5, 0.6) is 0 Å². The fourth-order valence-corrected chi connectivity index (χ4v) is 1.91. The van der Waals surface area contributed by atoms with Gasteiger partial charge in [-0.3, -0.25) is 0 Å². The molecule has 0 aliphatic carbocycles. The van der Waals surface area contributed by atoms with Gasteiger partial charge in [0.1, 0.15) is 0 Å². The molecule has 1 unspecified atom stereocenters. The first-order valence-electron chi connectivity index (χ1n) is 6.15. The van der Waals surface area contributed by atoms with Crippen LogP contribution in [0.15, 0.2) is 54.6 Å². The lowest BCUT2D eigenvalue weighted by atomic mass is 9.91. The molecule has 16 heavy (non-hydrogen) atoms. The van der Waals surface area contributed by atoms with Gasteiger partial charge in [-0.1, -0.05) is 54.6 Å². The first kappa shape index (κ1) is 12.8. The number of rotatable bonds is 6. The lowest BCUT2D eigenvalue weighted by Crippen LogP contribution is -1.97. The molecule has 0 N–H and O–H groups in total. The van der Waals surface area contributed by atoms with Crippen LogP contribution in [0.2, 0.25) is 0 Å². The zero-order chi connectivity index (χ0) is 11.6. The summed E-state index contributed by atoms with van der Waals surface area (Å²) < 4.78 is 0. The predicted molar refractivity (Wildman–Crippen MR) is 72.7 cm³/mol. The molecule has 0 nitrogen and oxygen atoms in total. The standard InChI is InChI=1S/C16H22/c1-3-5-8-12-15(11-6-4-2)16-13-9-7-10-14-16/h3-7,9-10,13-15H,8,11-12H2,1-2H3. The number of allylic oxidation sites excluding steroid dienone is 4. The predicted octanol–water partition coefficient (Wildman–Crippen LogP) is 5.09. The first-order chi connectivity index (χ1) is 7.88. The third-order valence-corrected chi connectivity index (χ3v) is 2.84. The number of hydrogen-bond donors (Lipinski definition) is 0. The van der Waals surface area contributed by atoms with E-state index in [1.54, 1.807) is 0 Å². The molecule has 1 atom stereocenters. The van der Waals surface area contributed by atoms with Gasteiger partial charge in [0.25, 0.3) is 0 Å². The van der Waals surface area contributed by atoms with Crippen LogP contribution < -0.4 is 0 Å².